The van der Waals surface area contributed by atoms with Crippen LogP contribution in [0.15, 0.2) is 60.7 Å². The van der Waals surface area contributed by atoms with E-state index in [-0.39, 0.29) is 5.97 Å². The van der Waals surface area contributed by atoms with Crippen molar-refractivity contribution in [3.8, 4) is 11.5 Å². The molecule has 1 atom stereocenters. The molecular weight excluding hydrogens is 444 g/mol. The maximum atomic E-state index is 12.6. The van der Waals surface area contributed by atoms with Crippen LogP contribution in [-0.2, 0) is 0 Å². The highest BCUT2D eigenvalue weighted by Crippen LogP contribution is 2.37. The molecule has 3 heteroatoms. The van der Waals surface area contributed by atoms with Crippen LogP contribution in [0.4, 0.5) is 0 Å². The normalized spacial score (nSPS) is 18.8. The minimum atomic E-state index is -0.333. The van der Waals surface area contributed by atoms with Crippen molar-refractivity contribution >= 4 is 5.97 Å². The highest BCUT2D eigenvalue weighted by molar-refractivity contribution is 5.91. The molecule has 36 heavy (non-hydrogen) atoms. The third-order valence-corrected chi connectivity index (χ3v) is 7.68. The number of hydrogen-bond donors (Lipinski definition) is 0. The number of rotatable bonds is 14. The zero-order valence-corrected chi connectivity index (χ0v) is 22.7. The average molecular weight is 491 g/mol. The predicted molar refractivity (Wildman–Crippen MR) is 150 cm³/mol. The molecule has 0 bridgehead atoms. The van der Waals surface area contributed by atoms with Crippen LogP contribution in [0.1, 0.15) is 113 Å². The number of esters is 1. The molecule has 0 aliphatic heterocycles. The van der Waals surface area contributed by atoms with Crippen molar-refractivity contribution in [3.05, 3.63) is 71.8 Å². The summed E-state index contributed by atoms with van der Waals surface area (Å²) in [5, 5.41) is 0. The highest BCUT2D eigenvalue weighted by Gasteiger charge is 2.21. The Morgan fingerprint density at radius 1 is 0.889 bits per heavy atom. The van der Waals surface area contributed by atoms with Gasteiger partial charge in [-0.2, -0.15) is 0 Å². The third-order valence-electron chi connectivity index (χ3n) is 7.68. The molecule has 196 valence electrons. The van der Waals surface area contributed by atoms with E-state index in [2.05, 4.69) is 45.1 Å². The van der Waals surface area contributed by atoms with Gasteiger partial charge in [0.25, 0.3) is 0 Å². The summed E-state index contributed by atoms with van der Waals surface area (Å²) in [6.45, 7) is 7.48. The van der Waals surface area contributed by atoms with Gasteiger partial charge in [-0.15, -0.1) is 0 Å². The van der Waals surface area contributed by atoms with Gasteiger partial charge in [0.1, 0.15) is 11.5 Å². The van der Waals surface area contributed by atoms with Gasteiger partial charge >= 0.3 is 5.97 Å². The van der Waals surface area contributed by atoms with E-state index in [4.69, 9.17) is 9.47 Å². The van der Waals surface area contributed by atoms with Crippen LogP contribution in [0.3, 0.4) is 0 Å². The fraction of sp³-hybridized carbons (Fsp3) is 0.545. The Kier molecular flexibility index (Phi) is 12.1. The zero-order valence-electron chi connectivity index (χ0n) is 22.7. The Bertz CT molecular complexity index is 905. The van der Waals surface area contributed by atoms with Gasteiger partial charge in [0.05, 0.1) is 12.2 Å². The summed E-state index contributed by atoms with van der Waals surface area (Å²) in [5.41, 5.74) is 1.90. The second kappa shape index (κ2) is 15.5. The number of unbranched alkanes of at least 4 members (excludes halogenated alkanes) is 2. The summed E-state index contributed by atoms with van der Waals surface area (Å²) in [5.74, 6) is 3.34. The van der Waals surface area contributed by atoms with Gasteiger partial charge in [-0.3, -0.25) is 0 Å². The molecule has 0 N–H and O–H groups in total. The van der Waals surface area contributed by atoms with E-state index in [9.17, 15) is 4.79 Å². The number of allylic oxidation sites excluding steroid dienone is 2. The minimum Gasteiger partial charge on any atom is -0.494 e. The molecular formula is C33H46O3. The Labute approximate surface area is 219 Å². The molecule has 3 nitrogen and oxygen atoms in total. The van der Waals surface area contributed by atoms with Gasteiger partial charge in [-0.25, -0.2) is 4.79 Å². The fourth-order valence-electron chi connectivity index (χ4n) is 5.01. The van der Waals surface area contributed by atoms with E-state index < -0.39 is 0 Å². The largest absolute Gasteiger partial charge is 0.494 e. The topological polar surface area (TPSA) is 35.5 Å². The van der Waals surface area contributed by atoms with Crippen LogP contribution in [-0.4, -0.2) is 12.6 Å². The standard InChI is InChI=1S/C33H46O3/c1-4-6-8-12-27-13-15-28(16-14-27)29-17-23-32(24-18-29)36-33(34)30-19-21-31(22-20-30)35-25-10-7-9-11-26(3)5-2/h6,8,17-24,26-28H,4-5,7,9-16,25H2,1-3H3/b8-6-/t26-,27-,28-/m0/s1. The summed E-state index contributed by atoms with van der Waals surface area (Å²) < 4.78 is 11.5. The zero-order chi connectivity index (χ0) is 25.6. The first-order valence-corrected chi connectivity index (χ1v) is 14.3. The molecule has 2 aromatic rings. The second-order valence-corrected chi connectivity index (χ2v) is 10.5. The maximum Gasteiger partial charge on any atom is 0.343 e. The summed E-state index contributed by atoms with van der Waals surface area (Å²) in [6, 6.07) is 15.4. The van der Waals surface area contributed by atoms with Gasteiger partial charge in [0.15, 0.2) is 0 Å². The second-order valence-electron chi connectivity index (χ2n) is 10.5. The molecule has 1 aliphatic rings. The lowest BCUT2D eigenvalue weighted by Gasteiger charge is -2.28. The maximum absolute atomic E-state index is 12.6. The number of carbonyl (C=O) groups is 1. The summed E-state index contributed by atoms with van der Waals surface area (Å²) in [7, 11) is 0. The van der Waals surface area contributed by atoms with Crippen LogP contribution in [0, 0.1) is 11.8 Å². The van der Waals surface area contributed by atoms with Crippen LogP contribution >= 0.6 is 0 Å². The Hall–Kier alpha value is -2.55. The Morgan fingerprint density at radius 3 is 2.25 bits per heavy atom. The fourth-order valence-corrected chi connectivity index (χ4v) is 5.01. The molecule has 0 amide bonds. The van der Waals surface area contributed by atoms with E-state index >= 15 is 0 Å². The first-order chi connectivity index (χ1) is 17.6. The summed E-state index contributed by atoms with van der Waals surface area (Å²) in [4.78, 5) is 12.6. The smallest absolute Gasteiger partial charge is 0.343 e. The van der Waals surface area contributed by atoms with Crippen molar-refractivity contribution in [3.63, 3.8) is 0 Å². The molecule has 1 fully saturated rings. The molecule has 0 unspecified atom stereocenters. The van der Waals surface area contributed by atoms with Crippen LogP contribution in [0.5, 0.6) is 11.5 Å². The van der Waals surface area contributed by atoms with Gasteiger partial charge in [-0.1, -0.05) is 70.7 Å². The van der Waals surface area contributed by atoms with E-state index in [0.29, 0.717) is 23.8 Å². The van der Waals surface area contributed by atoms with E-state index in [0.717, 1.165) is 30.4 Å². The van der Waals surface area contributed by atoms with Gasteiger partial charge in [0, 0.05) is 0 Å². The van der Waals surface area contributed by atoms with Crippen molar-refractivity contribution in [2.24, 2.45) is 11.8 Å². The lowest BCUT2D eigenvalue weighted by atomic mass is 9.77. The molecule has 2 aromatic carbocycles. The lowest BCUT2D eigenvalue weighted by Crippen LogP contribution is -2.13. The molecule has 1 saturated carbocycles. The highest BCUT2D eigenvalue weighted by atomic mass is 16.5. The third kappa shape index (κ3) is 9.48. The number of carbonyl (C=O) groups excluding carboxylic acids is 1. The number of ether oxygens (including phenoxy) is 2. The SMILES string of the molecule is CC/C=C\C[C@H]1CC[C@H](c2ccc(OC(=O)c3ccc(OCCCCC[C@@H](C)CC)cc3)cc2)CC1. The Balaban J connectivity index is 1.38. The molecule has 1 aliphatic carbocycles. The van der Waals surface area contributed by atoms with Crippen LogP contribution in [0.25, 0.3) is 0 Å². The van der Waals surface area contributed by atoms with Gasteiger partial charge < -0.3 is 9.47 Å². The minimum absolute atomic E-state index is 0.333. The number of hydrogen-bond acceptors (Lipinski definition) is 3. The van der Waals surface area contributed by atoms with Crippen molar-refractivity contribution in [1.29, 1.82) is 0 Å². The first-order valence-electron chi connectivity index (χ1n) is 14.3. The summed E-state index contributed by atoms with van der Waals surface area (Å²) in [6.07, 6.45) is 18.2. The monoisotopic (exact) mass is 490 g/mol. The van der Waals surface area contributed by atoms with E-state index in [1.54, 1.807) is 12.1 Å². The van der Waals surface area contributed by atoms with Crippen LogP contribution < -0.4 is 9.47 Å². The number of benzene rings is 2. The first kappa shape index (κ1) is 28.0. The molecule has 0 aromatic heterocycles. The summed E-state index contributed by atoms with van der Waals surface area (Å²) >= 11 is 0. The molecule has 0 radical (unpaired) electrons. The van der Waals surface area contributed by atoms with Crippen LogP contribution in [0.2, 0.25) is 0 Å². The van der Waals surface area contributed by atoms with E-state index in [1.165, 1.54) is 63.4 Å². The van der Waals surface area contributed by atoms with Crippen molar-refractivity contribution in [1.82, 2.24) is 0 Å². The van der Waals surface area contributed by atoms with E-state index in [1.807, 2.05) is 24.3 Å². The van der Waals surface area contributed by atoms with Crippen molar-refractivity contribution in [2.75, 3.05) is 6.61 Å². The predicted octanol–water partition coefficient (Wildman–Crippen LogP) is 9.52. The Morgan fingerprint density at radius 2 is 1.58 bits per heavy atom. The molecule has 0 spiro atoms. The van der Waals surface area contributed by atoms with Gasteiger partial charge in [-0.05, 0) is 105 Å². The quantitative estimate of drug-likeness (QED) is 0.114. The van der Waals surface area contributed by atoms with Crippen molar-refractivity contribution in [2.45, 2.75) is 97.3 Å². The van der Waals surface area contributed by atoms with Crippen molar-refractivity contribution < 1.29 is 14.3 Å². The van der Waals surface area contributed by atoms with Gasteiger partial charge in [0.2, 0.25) is 0 Å². The average Bonchev–Trinajstić information content (AvgIpc) is 2.92. The molecule has 3 rings (SSSR count). The molecule has 0 heterocycles. The molecule has 0 saturated heterocycles. The lowest BCUT2D eigenvalue weighted by molar-refractivity contribution is 0.0734.